The number of nitrogens with one attached hydrogen (secondary N) is 2. The van der Waals surface area contributed by atoms with Crippen LogP contribution >= 0.6 is 0 Å². The zero-order valence-electron chi connectivity index (χ0n) is 17.2. The lowest BCUT2D eigenvalue weighted by atomic mass is 9.88. The number of nitrogens with zero attached hydrogens (tertiary/aromatic N) is 1. The van der Waals surface area contributed by atoms with Gasteiger partial charge in [-0.15, -0.1) is 0 Å². The van der Waals surface area contributed by atoms with Crippen LogP contribution in [0.1, 0.15) is 23.6 Å². The molecule has 0 bridgehead atoms. The number of amides is 4. The van der Waals surface area contributed by atoms with Gasteiger partial charge < -0.3 is 10.6 Å². The van der Waals surface area contributed by atoms with Crippen molar-refractivity contribution < 1.29 is 14.4 Å². The van der Waals surface area contributed by atoms with E-state index in [0.29, 0.717) is 11.3 Å². The SMILES string of the molecule is Cc1ccc(NC(=O)CN2C(=O)NC(C)(c3cccc4ccccc34)C2=O)cc1C. The normalized spacial score (nSPS) is 18.6. The summed E-state index contributed by atoms with van der Waals surface area (Å²) in [5.41, 5.74) is 2.26. The number of hydrogen-bond acceptors (Lipinski definition) is 3. The summed E-state index contributed by atoms with van der Waals surface area (Å²) in [7, 11) is 0. The Hall–Kier alpha value is -3.67. The molecule has 6 heteroatoms. The van der Waals surface area contributed by atoms with E-state index in [1.54, 1.807) is 13.0 Å². The third-order valence-corrected chi connectivity index (χ3v) is 5.70. The van der Waals surface area contributed by atoms with Crippen molar-refractivity contribution in [2.75, 3.05) is 11.9 Å². The summed E-state index contributed by atoms with van der Waals surface area (Å²) in [6.07, 6.45) is 0. The van der Waals surface area contributed by atoms with Crippen molar-refractivity contribution in [1.29, 1.82) is 0 Å². The second-order valence-corrected chi connectivity index (χ2v) is 7.82. The highest BCUT2D eigenvalue weighted by molar-refractivity contribution is 6.11. The fourth-order valence-electron chi connectivity index (χ4n) is 3.85. The van der Waals surface area contributed by atoms with E-state index in [4.69, 9.17) is 0 Å². The number of anilines is 1. The molecule has 1 fully saturated rings. The second-order valence-electron chi connectivity index (χ2n) is 7.82. The van der Waals surface area contributed by atoms with Crippen LogP contribution in [0.25, 0.3) is 10.8 Å². The lowest BCUT2D eigenvalue weighted by Crippen LogP contribution is -2.42. The summed E-state index contributed by atoms with van der Waals surface area (Å²) in [6.45, 7) is 5.27. The van der Waals surface area contributed by atoms with Gasteiger partial charge in [0.2, 0.25) is 5.91 Å². The zero-order valence-corrected chi connectivity index (χ0v) is 17.2. The minimum Gasteiger partial charge on any atom is -0.325 e. The molecular weight excluding hydrogens is 378 g/mol. The molecule has 4 rings (SSSR count). The fraction of sp³-hybridized carbons (Fsp3) is 0.208. The van der Waals surface area contributed by atoms with Crippen molar-refractivity contribution in [3.8, 4) is 0 Å². The van der Waals surface area contributed by atoms with Crippen LogP contribution in [0.2, 0.25) is 0 Å². The van der Waals surface area contributed by atoms with Gasteiger partial charge in [-0.05, 0) is 60.4 Å². The van der Waals surface area contributed by atoms with Gasteiger partial charge in [0.1, 0.15) is 12.1 Å². The average Bonchev–Trinajstić information content (AvgIpc) is 2.94. The molecule has 0 aliphatic carbocycles. The van der Waals surface area contributed by atoms with Crippen molar-refractivity contribution in [3.63, 3.8) is 0 Å². The number of carbonyl (C=O) groups excluding carboxylic acids is 3. The number of hydrogen-bond donors (Lipinski definition) is 2. The van der Waals surface area contributed by atoms with Gasteiger partial charge in [0.15, 0.2) is 0 Å². The van der Waals surface area contributed by atoms with Gasteiger partial charge in [-0.3, -0.25) is 14.5 Å². The quantitative estimate of drug-likeness (QED) is 0.652. The molecule has 0 aromatic heterocycles. The number of aryl methyl sites for hydroxylation is 2. The van der Waals surface area contributed by atoms with E-state index in [0.717, 1.165) is 26.8 Å². The summed E-state index contributed by atoms with van der Waals surface area (Å²) >= 11 is 0. The van der Waals surface area contributed by atoms with E-state index in [1.807, 2.05) is 68.4 Å². The van der Waals surface area contributed by atoms with Gasteiger partial charge in [-0.1, -0.05) is 48.5 Å². The largest absolute Gasteiger partial charge is 0.325 e. The first-order valence-corrected chi connectivity index (χ1v) is 9.79. The Kier molecular flexibility index (Phi) is 4.78. The van der Waals surface area contributed by atoms with E-state index in [-0.39, 0.29) is 6.54 Å². The minimum absolute atomic E-state index is 0.349. The Labute approximate surface area is 174 Å². The van der Waals surface area contributed by atoms with Crippen molar-refractivity contribution >= 4 is 34.3 Å². The number of carbonyl (C=O) groups is 3. The highest BCUT2D eigenvalue weighted by Gasteiger charge is 2.50. The van der Waals surface area contributed by atoms with E-state index < -0.39 is 23.4 Å². The zero-order chi connectivity index (χ0) is 21.5. The smallest absolute Gasteiger partial charge is 0.325 e. The predicted molar refractivity (Wildman–Crippen MR) is 116 cm³/mol. The van der Waals surface area contributed by atoms with Crippen LogP contribution in [0.5, 0.6) is 0 Å². The summed E-state index contributed by atoms with van der Waals surface area (Å²) in [5, 5.41) is 7.41. The third-order valence-electron chi connectivity index (χ3n) is 5.70. The van der Waals surface area contributed by atoms with Crippen molar-refractivity contribution in [1.82, 2.24) is 10.2 Å². The molecule has 4 amide bonds. The van der Waals surface area contributed by atoms with E-state index in [2.05, 4.69) is 10.6 Å². The Balaban J connectivity index is 1.57. The van der Waals surface area contributed by atoms with Gasteiger partial charge in [0.05, 0.1) is 0 Å². The molecule has 1 unspecified atom stereocenters. The lowest BCUT2D eigenvalue weighted by molar-refractivity contribution is -0.133. The molecule has 1 saturated heterocycles. The second kappa shape index (κ2) is 7.30. The molecule has 1 aliphatic heterocycles. The maximum Gasteiger partial charge on any atom is 0.325 e. The van der Waals surface area contributed by atoms with E-state index in [1.165, 1.54) is 0 Å². The first kappa shape index (κ1) is 19.6. The molecule has 0 saturated carbocycles. The number of urea groups is 1. The molecule has 1 aliphatic rings. The number of imide groups is 1. The van der Waals surface area contributed by atoms with Crippen molar-refractivity contribution in [3.05, 3.63) is 77.4 Å². The van der Waals surface area contributed by atoms with Gasteiger partial charge in [-0.2, -0.15) is 0 Å². The Bertz CT molecular complexity index is 1180. The topological polar surface area (TPSA) is 78.5 Å². The summed E-state index contributed by atoms with van der Waals surface area (Å²) < 4.78 is 0. The van der Waals surface area contributed by atoms with Crippen LogP contribution in [0, 0.1) is 13.8 Å². The molecule has 6 nitrogen and oxygen atoms in total. The van der Waals surface area contributed by atoms with E-state index in [9.17, 15) is 14.4 Å². The maximum atomic E-state index is 13.2. The Morgan fingerprint density at radius 3 is 2.50 bits per heavy atom. The van der Waals surface area contributed by atoms with E-state index >= 15 is 0 Å². The monoisotopic (exact) mass is 401 g/mol. The molecule has 0 radical (unpaired) electrons. The standard InChI is InChI=1S/C24H23N3O3/c1-15-11-12-18(13-16(15)2)25-21(28)14-27-22(29)24(3,26-23(27)30)20-10-6-8-17-7-4-5-9-19(17)20/h4-13H,14H2,1-3H3,(H,25,28)(H,26,30). The first-order chi connectivity index (χ1) is 14.3. The van der Waals surface area contributed by atoms with Crippen LogP contribution in [0.4, 0.5) is 10.5 Å². The molecule has 3 aromatic carbocycles. The highest BCUT2D eigenvalue weighted by Crippen LogP contribution is 2.33. The van der Waals surface area contributed by atoms with Gasteiger partial charge >= 0.3 is 6.03 Å². The minimum atomic E-state index is -1.24. The average molecular weight is 401 g/mol. The third kappa shape index (κ3) is 3.30. The summed E-state index contributed by atoms with van der Waals surface area (Å²) in [6, 6.07) is 18.3. The molecule has 0 spiro atoms. The van der Waals surface area contributed by atoms with Gasteiger partial charge in [0, 0.05) is 5.69 Å². The van der Waals surface area contributed by atoms with Crippen LogP contribution in [0.15, 0.2) is 60.7 Å². The number of fused-ring (bicyclic) bond motifs is 1. The molecule has 2 N–H and O–H groups in total. The highest BCUT2D eigenvalue weighted by atomic mass is 16.2. The molecule has 1 atom stereocenters. The molecule has 3 aromatic rings. The first-order valence-electron chi connectivity index (χ1n) is 9.79. The molecule has 152 valence electrons. The Morgan fingerprint density at radius 1 is 1.00 bits per heavy atom. The summed E-state index contributed by atoms with van der Waals surface area (Å²) in [5.74, 6) is -0.872. The van der Waals surface area contributed by atoms with Crippen molar-refractivity contribution in [2.24, 2.45) is 0 Å². The predicted octanol–water partition coefficient (Wildman–Crippen LogP) is 3.86. The van der Waals surface area contributed by atoms with Crippen LogP contribution < -0.4 is 10.6 Å². The molecular formula is C24H23N3O3. The van der Waals surface area contributed by atoms with Crippen molar-refractivity contribution in [2.45, 2.75) is 26.3 Å². The number of benzene rings is 3. The van der Waals surface area contributed by atoms with Gasteiger partial charge in [0.25, 0.3) is 5.91 Å². The Morgan fingerprint density at radius 2 is 1.73 bits per heavy atom. The van der Waals surface area contributed by atoms with Crippen LogP contribution in [-0.2, 0) is 15.1 Å². The molecule has 1 heterocycles. The lowest BCUT2D eigenvalue weighted by Gasteiger charge is -2.24. The molecule has 30 heavy (non-hydrogen) atoms. The summed E-state index contributed by atoms with van der Waals surface area (Å²) in [4.78, 5) is 39.3. The van der Waals surface area contributed by atoms with Crippen LogP contribution in [-0.4, -0.2) is 29.3 Å². The maximum absolute atomic E-state index is 13.2. The van der Waals surface area contributed by atoms with Gasteiger partial charge in [-0.25, -0.2) is 4.79 Å². The van der Waals surface area contributed by atoms with Crippen LogP contribution in [0.3, 0.4) is 0 Å². The fourth-order valence-corrected chi connectivity index (χ4v) is 3.85. The number of rotatable bonds is 4.